The Balaban J connectivity index is 1.87. The summed E-state index contributed by atoms with van der Waals surface area (Å²) in [7, 11) is 0. The molecule has 0 saturated carbocycles. The molecule has 4 heteroatoms. The molecule has 0 unspecified atom stereocenters. The maximum absolute atomic E-state index is 11.7. The van der Waals surface area contributed by atoms with Gasteiger partial charge in [-0.2, -0.15) is 0 Å². The number of hydrogen-bond acceptors (Lipinski definition) is 3. The van der Waals surface area contributed by atoms with Crippen LogP contribution in [0.3, 0.4) is 0 Å². The molecule has 1 aliphatic rings. The van der Waals surface area contributed by atoms with Crippen LogP contribution in [0.2, 0.25) is 0 Å². The summed E-state index contributed by atoms with van der Waals surface area (Å²) >= 11 is 0. The largest absolute Gasteiger partial charge is 0.341 e. The summed E-state index contributed by atoms with van der Waals surface area (Å²) in [6.07, 6.45) is 2.30. The lowest BCUT2D eigenvalue weighted by molar-refractivity contribution is -0.131. The maximum atomic E-state index is 11.7. The Morgan fingerprint density at radius 3 is 2.81 bits per heavy atom. The van der Waals surface area contributed by atoms with Gasteiger partial charge in [0.15, 0.2) is 0 Å². The Hall–Kier alpha value is -1.39. The van der Waals surface area contributed by atoms with Gasteiger partial charge in [0.1, 0.15) is 0 Å². The quantitative estimate of drug-likeness (QED) is 0.867. The maximum Gasteiger partial charge on any atom is 0.236 e. The second kappa shape index (κ2) is 8.15. The van der Waals surface area contributed by atoms with Gasteiger partial charge in [0.2, 0.25) is 5.91 Å². The minimum absolute atomic E-state index is 0.0887. The molecule has 1 saturated heterocycles. The molecule has 1 aromatic rings. The lowest BCUT2D eigenvalue weighted by Gasteiger charge is -2.35. The van der Waals surface area contributed by atoms with E-state index >= 15 is 0 Å². The van der Waals surface area contributed by atoms with Gasteiger partial charge in [0, 0.05) is 26.2 Å². The molecular weight excluding hydrogens is 262 g/mol. The zero-order chi connectivity index (χ0) is 15.1. The molecule has 0 aromatic heterocycles. The van der Waals surface area contributed by atoms with Gasteiger partial charge in [-0.05, 0) is 30.9 Å². The fraction of sp³-hybridized carbons (Fsp3) is 0.588. The first-order chi connectivity index (χ1) is 10.2. The first-order valence-corrected chi connectivity index (χ1v) is 7.97. The highest BCUT2D eigenvalue weighted by atomic mass is 16.2. The third-order valence-corrected chi connectivity index (χ3v) is 4.26. The predicted molar refractivity (Wildman–Crippen MR) is 85.8 cm³/mol. The number of benzene rings is 1. The minimum Gasteiger partial charge on any atom is -0.341 e. The van der Waals surface area contributed by atoms with Crippen molar-refractivity contribution in [3.8, 4) is 0 Å². The Kier molecular flexibility index (Phi) is 6.21. The van der Waals surface area contributed by atoms with Gasteiger partial charge >= 0.3 is 0 Å². The number of likely N-dealkylation sites (tertiary alicyclic amines) is 1. The van der Waals surface area contributed by atoms with E-state index in [0.29, 0.717) is 5.92 Å². The summed E-state index contributed by atoms with van der Waals surface area (Å²) in [4.78, 5) is 16.1. The van der Waals surface area contributed by atoms with Crippen molar-refractivity contribution in [1.82, 2.24) is 9.80 Å². The first-order valence-electron chi connectivity index (χ1n) is 7.97. The Morgan fingerprint density at radius 1 is 1.38 bits per heavy atom. The smallest absolute Gasteiger partial charge is 0.236 e. The molecule has 2 rings (SSSR count). The van der Waals surface area contributed by atoms with Crippen LogP contribution in [0.15, 0.2) is 30.3 Å². The van der Waals surface area contributed by atoms with Crippen molar-refractivity contribution in [3.63, 3.8) is 0 Å². The van der Waals surface area contributed by atoms with Gasteiger partial charge in [-0.3, -0.25) is 9.69 Å². The number of nitrogens with two attached hydrogens (primary N) is 1. The zero-order valence-corrected chi connectivity index (χ0v) is 13.0. The Labute approximate surface area is 127 Å². The average Bonchev–Trinajstić information content (AvgIpc) is 2.54. The fourth-order valence-electron chi connectivity index (χ4n) is 3.08. The van der Waals surface area contributed by atoms with Gasteiger partial charge in [-0.1, -0.05) is 37.3 Å². The minimum atomic E-state index is 0.0887. The third-order valence-electron chi connectivity index (χ3n) is 4.26. The number of nitrogens with zero attached hydrogens (tertiary/aromatic N) is 2. The van der Waals surface area contributed by atoms with E-state index in [1.165, 1.54) is 12.0 Å². The van der Waals surface area contributed by atoms with E-state index in [4.69, 9.17) is 5.73 Å². The number of carbonyl (C=O) groups is 1. The van der Waals surface area contributed by atoms with E-state index in [9.17, 15) is 4.79 Å². The Morgan fingerprint density at radius 2 is 2.14 bits per heavy atom. The molecule has 1 heterocycles. The van der Waals surface area contributed by atoms with E-state index in [1.54, 1.807) is 0 Å². The molecule has 1 atom stereocenters. The van der Waals surface area contributed by atoms with Crippen LogP contribution >= 0.6 is 0 Å². The van der Waals surface area contributed by atoms with Crippen molar-refractivity contribution in [2.24, 2.45) is 11.7 Å². The average molecular weight is 289 g/mol. The van der Waals surface area contributed by atoms with Crippen molar-refractivity contribution in [2.75, 3.05) is 32.7 Å². The molecule has 1 aliphatic heterocycles. The Bertz CT molecular complexity index is 435. The second-order valence-corrected chi connectivity index (χ2v) is 5.87. The molecule has 0 bridgehead atoms. The molecule has 0 radical (unpaired) electrons. The SMILES string of the molecule is CCN(Cc1ccccc1)C[C@H]1CCCN(C(=O)CN)C1. The third kappa shape index (κ3) is 4.83. The molecule has 1 amide bonds. The standard InChI is InChI=1S/C17H27N3O/c1-2-19(12-15-7-4-3-5-8-15)13-16-9-6-10-20(14-16)17(21)11-18/h3-5,7-8,16H,2,6,9-14,18H2,1H3/t16-/m1/s1. The van der Waals surface area contributed by atoms with Gasteiger partial charge in [-0.25, -0.2) is 0 Å². The molecule has 2 N–H and O–H groups in total. The van der Waals surface area contributed by atoms with E-state index < -0.39 is 0 Å². The summed E-state index contributed by atoms with van der Waals surface area (Å²) in [5.41, 5.74) is 6.83. The van der Waals surface area contributed by atoms with Gasteiger partial charge in [0.05, 0.1) is 6.54 Å². The summed E-state index contributed by atoms with van der Waals surface area (Å²) in [6.45, 7) is 7.15. The molecule has 116 valence electrons. The molecule has 4 nitrogen and oxygen atoms in total. The number of hydrogen-bond donors (Lipinski definition) is 1. The summed E-state index contributed by atoms with van der Waals surface area (Å²) < 4.78 is 0. The van der Waals surface area contributed by atoms with E-state index in [-0.39, 0.29) is 12.5 Å². The van der Waals surface area contributed by atoms with Crippen LogP contribution in [0.25, 0.3) is 0 Å². The van der Waals surface area contributed by atoms with E-state index in [1.807, 2.05) is 4.90 Å². The van der Waals surface area contributed by atoms with Crippen molar-refractivity contribution in [1.29, 1.82) is 0 Å². The van der Waals surface area contributed by atoms with Crippen molar-refractivity contribution in [3.05, 3.63) is 35.9 Å². The van der Waals surface area contributed by atoms with Crippen molar-refractivity contribution in [2.45, 2.75) is 26.3 Å². The van der Waals surface area contributed by atoms with Crippen LogP contribution in [0.1, 0.15) is 25.3 Å². The molecule has 21 heavy (non-hydrogen) atoms. The highest BCUT2D eigenvalue weighted by molar-refractivity contribution is 5.78. The molecular formula is C17H27N3O. The van der Waals surface area contributed by atoms with E-state index in [0.717, 1.165) is 39.1 Å². The highest BCUT2D eigenvalue weighted by Gasteiger charge is 2.24. The van der Waals surface area contributed by atoms with Crippen LogP contribution in [-0.4, -0.2) is 48.4 Å². The summed E-state index contributed by atoms with van der Waals surface area (Å²) in [5, 5.41) is 0. The lowest BCUT2D eigenvalue weighted by atomic mass is 9.97. The van der Waals surface area contributed by atoms with Gasteiger partial charge in [-0.15, -0.1) is 0 Å². The van der Waals surface area contributed by atoms with Crippen molar-refractivity contribution < 1.29 is 4.79 Å². The van der Waals surface area contributed by atoms with Gasteiger partial charge < -0.3 is 10.6 Å². The normalized spacial score (nSPS) is 19.0. The molecule has 1 fully saturated rings. The van der Waals surface area contributed by atoms with Crippen LogP contribution in [0.5, 0.6) is 0 Å². The first kappa shape index (κ1) is 16.0. The number of rotatable bonds is 6. The predicted octanol–water partition coefficient (Wildman–Crippen LogP) is 1.71. The van der Waals surface area contributed by atoms with Crippen LogP contribution in [-0.2, 0) is 11.3 Å². The highest BCUT2D eigenvalue weighted by Crippen LogP contribution is 2.18. The number of piperidine rings is 1. The van der Waals surface area contributed by atoms with Crippen LogP contribution < -0.4 is 5.73 Å². The molecule has 0 spiro atoms. The summed E-state index contributed by atoms with van der Waals surface area (Å²) in [6, 6.07) is 10.6. The zero-order valence-electron chi connectivity index (χ0n) is 13.0. The van der Waals surface area contributed by atoms with Crippen LogP contribution in [0.4, 0.5) is 0 Å². The monoisotopic (exact) mass is 289 g/mol. The number of carbonyl (C=O) groups excluding carboxylic acids is 1. The van der Waals surface area contributed by atoms with Crippen LogP contribution in [0, 0.1) is 5.92 Å². The fourth-order valence-corrected chi connectivity index (χ4v) is 3.08. The van der Waals surface area contributed by atoms with Crippen molar-refractivity contribution >= 4 is 5.91 Å². The molecule has 1 aromatic carbocycles. The topological polar surface area (TPSA) is 49.6 Å². The lowest BCUT2D eigenvalue weighted by Crippen LogP contribution is -2.45. The number of amides is 1. The second-order valence-electron chi connectivity index (χ2n) is 5.87. The van der Waals surface area contributed by atoms with E-state index in [2.05, 4.69) is 42.2 Å². The van der Waals surface area contributed by atoms with Gasteiger partial charge in [0.25, 0.3) is 0 Å². The summed E-state index contributed by atoms with van der Waals surface area (Å²) in [5.74, 6) is 0.656. The molecule has 0 aliphatic carbocycles.